The maximum Gasteiger partial charge on any atom is 0.261 e. The summed E-state index contributed by atoms with van der Waals surface area (Å²) in [6.45, 7) is 0. The largest absolute Gasteiger partial charge is 0.456 e. The third kappa shape index (κ3) is 6.24. The van der Waals surface area contributed by atoms with Crippen LogP contribution in [-0.2, 0) is 10.0 Å². The number of carbonyl (C=O) groups is 1. The standard InChI is InChI=1S/C25H16Cl4N2O4S/c26-15-5-12-23(19(13-15)25(32)30-16-6-11-20(27)22(29)14-16)31-36(33,34)18-9-7-17(8-10-18)35-24-4-2-1-3-21(24)28/h1-14,31H,(H,30,32). The Kier molecular flexibility index (Phi) is 7.97. The Morgan fingerprint density at radius 3 is 2.17 bits per heavy atom. The molecule has 0 atom stereocenters. The second-order valence-electron chi connectivity index (χ2n) is 7.38. The number of para-hydroxylation sites is 1. The highest BCUT2D eigenvalue weighted by Crippen LogP contribution is 2.31. The van der Waals surface area contributed by atoms with Crippen LogP contribution in [0.3, 0.4) is 0 Å². The molecule has 4 aromatic carbocycles. The average molecular weight is 582 g/mol. The van der Waals surface area contributed by atoms with E-state index in [9.17, 15) is 13.2 Å². The van der Waals surface area contributed by atoms with Crippen LogP contribution in [0.5, 0.6) is 11.5 Å². The molecule has 184 valence electrons. The Morgan fingerprint density at radius 2 is 1.47 bits per heavy atom. The monoisotopic (exact) mass is 580 g/mol. The lowest BCUT2D eigenvalue weighted by molar-refractivity contribution is 0.102. The molecule has 0 unspecified atom stereocenters. The van der Waals surface area contributed by atoms with Crippen molar-refractivity contribution >= 4 is 73.7 Å². The van der Waals surface area contributed by atoms with Crippen molar-refractivity contribution in [1.82, 2.24) is 0 Å². The van der Waals surface area contributed by atoms with E-state index >= 15 is 0 Å². The number of ether oxygens (including phenoxy) is 1. The van der Waals surface area contributed by atoms with E-state index in [0.717, 1.165) is 0 Å². The van der Waals surface area contributed by atoms with Gasteiger partial charge in [-0.25, -0.2) is 8.42 Å². The molecule has 0 saturated heterocycles. The molecular weight excluding hydrogens is 566 g/mol. The highest BCUT2D eigenvalue weighted by Gasteiger charge is 2.20. The van der Waals surface area contributed by atoms with Gasteiger partial charge in [-0.3, -0.25) is 9.52 Å². The third-order valence-corrected chi connectivity index (χ3v) is 7.51. The van der Waals surface area contributed by atoms with Gasteiger partial charge in [0.25, 0.3) is 15.9 Å². The number of rotatable bonds is 7. The Bertz CT molecular complexity index is 1540. The van der Waals surface area contributed by atoms with E-state index in [-0.39, 0.29) is 26.2 Å². The molecular formula is C25H16Cl4N2O4S. The van der Waals surface area contributed by atoms with E-state index in [0.29, 0.717) is 27.2 Å². The fraction of sp³-hybridized carbons (Fsp3) is 0. The van der Waals surface area contributed by atoms with E-state index in [1.807, 2.05) is 0 Å². The fourth-order valence-electron chi connectivity index (χ4n) is 3.11. The predicted octanol–water partition coefficient (Wildman–Crippen LogP) is 8.15. The third-order valence-electron chi connectivity index (χ3n) is 4.85. The zero-order valence-corrected chi connectivity index (χ0v) is 22.0. The first-order valence-electron chi connectivity index (χ1n) is 10.2. The van der Waals surface area contributed by atoms with Gasteiger partial charge in [0, 0.05) is 10.7 Å². The molecule has 2 N–H and O–H groups in total. The Morgan fingerprint density at radius 1 is 0.750 bits per heavy atom. The molecule has 0 aromatic heterocycles. The number of anilines is 2. The van der Waals surface area contributed by atoms with E-state index in [4.69, 9.17) is 51.1 Å². The van der Waals surface area contributed by atoms with E-state index < -0.39 is 15.9 Å². The van der Waals surface area contributed by atoms with Gasteiger partial charge < -0.3 is 10.1 Å². The summed E-state index contributed by atoms with van der Waals surface area (Å²) in [7, 11) is -4.06. The van der Waals surface area contributed by atoms with Gasteiger partial charge in [-0.15, -0.1) is 0 Å². The van der Waals surface area contributed by atoms with Gasteiger partial charge in [0.15, 0.2) is 0 Å². The maximum atomic E-state index is 13.1. The highest BCUT2D eigenvalue weighted by molar-refractivity contribution is 7.92. The maximum absolute atomic E-state index is 13.1. The molecule has 1 amide bonds. The summed E-state index contributed by atoms with van der Waals surface area (Å²) in [5, 5.41) is 3.90. The molecule has 4 aromatic rings. The second-order valence-corrected chi connectivity index (χ2v) is 10.7. The Hall–Kier alpha value is -2.94. The molecule has 0 radical (unpaired) electrons. The van der Waals surface area contributed by atoms with Gasteiger partial charge in [0.05, 0.1) is 31.2 Å². The van der Waals surface area contributed by atoms with Gasteiger partial charge in [-0.2, -0.15) is 0 Å². The molecule has 11 heteroatoms. The number of hydrogen-bond donors (Lipinski definition) is 2. The minimum Gasteiger partial charge on any atom is -0.456 e. The molecule has 0 aliphatic heterocycles. The zero-order valence-electron chi connectivity index (χ0n) is 18.1. The van der Waals surface area contributed by atoms with Crippen LogP contribution >= 0.6 is 46.4 Å². The SMILES string of the molecule is O=C(Nc1ccc(Cl)c(Cl)c1)c1cc(Cl)ccc1NS(=O)(=O)c1ccc(Oc2ccccc2Cl)cc1. The number of carbonyl (C=O) groups excluding carboxylic acids is 1. The fourth-order valence-corrected chi connectivity index (χ4v) is 4.83. The summed E-state index contributed by atoms with van der Waals surface area (Å²) in [6, 6.07) is 21.4. The minimum atomic E-state index is -4.06. The minimum absolute atomic E-state index is 0.0100. The first kappa shape index (κ1) is 26.1. The van der Waals surface area contributed by atoms with Crippen LogP contribution in [0.1, 0.15) is 10.4 Å². The predicted molar refractivity (Wildman–Crippen MR) is 145 cm³/mol. The van der Waals surface area contributed by atoms with Crippen molar-refractivity contribution < 1.29 is 17.9 Å². The number of halogens is 4. The van der Waals surface area contributed by atoms with E-state index in [1.165, 1.54) is 54.6 Å². The smallest absolute Gasteiger partial charge is 0.261 e. The van der Waals surface area contributed by atoms with Crippen molar-refractivity contribution in [2.24, 2.45) is 0 Å². The van der Waals surface area contributed by atoms with E-state index in [2.05, 4.69) is 10.0 Å². The Labute approximate surface area is 227 Å². The highest BCUT2D eigenvalue weighted by atomic mass is 35.5. The average Bonchev–Trinajstić information content (AvgIpc) is 2.84. The van der Waals surface area contributed by atoms with Crippen LogP contribution in [0, 0.1) is 0 Å². The summed E-state index contributed by atoms with van der Waals surface area (Å²) in [6.07, 6.45) is 0. The summed E-state index contributed by atoms with van der Waals surface area (Å²) in [4.78, 5) is 12.9. The molecule has 0 spiro atoms. The van der Waals surface area contributed by atoms with Crippen LogP contribution in [0.4, 0.5) is 11.4 Å². The first-order valence-corrected chi connectivity index (χ1v) is 13.2. The molecule has 36 heavy (non-hydrogen) atoms. The van der Waals surface area contributed by atoms with Gasteiger partial charge in [-0.1, -0.05) is 58.5 Å². The van der Waals surface area contributed by atoms with Gasteiger partial charge in [-0.05, 0) is 72.8 Å². The van der Waals surface area contributed by atoms with Crippen molar-refractivity contribution in [2.45, 2.75) is 4.90 Å². The van der Waals surface area contributed by atoms with Crippen LogP contribution in [0.2, 0.25) is 20.1 Å². The summed E-state index contributed by atoms with van der Waals surface area (Å²) in [5.41, 5.74) is 0.418. The van der Waals surface area contributed by atoms with Crippen LogP contribution in [0.15, 0.2) is 89.8 Å². The molecule has 0 aliphatic rings. The molecule has 0 fully saturated rings. The van der Waals surface area contributed by atoms with E-state index in [1.54, 1.807) is 30.3 Å². The molecule has 4 rings (SSSR count). The van der Waals surface area contributed by atoms with Crippen LogP contribution in [0.25, 0.3) is 0 Å². The molecule has 0 aliphatic carbocycles. The normalized spacial score (nSPS) is 11.1. The summed E-state index contributed by atoms with van der Waals surface area (Å²) in [5.74, 6) is 0.235. The molecule has 0 bridgehead atoms. The first-order chi connectivity index (χ1) is 17.1. The lowest BCUT2D eigenvalue weighted by Crippen LogP contribution is -2.18. The zero-order chi connectivity index (χ0) is 25.9. The topological polar surface area (TPSA) is 84.5 Å². The summed E-state index contributed by atoms with van der Waals surface area (Å²) < 4.78 is 34.2. The van der Waals surface area contributed by atoms with Crippen LogP contribution in [-0.4, -0.2) is 14.3 Å². The van der Waals surface area contributed by atoms with Crippen LogP contribution < -0.4 is 14.8 Å². The van der Waals surface area contributed by atoms with Crippen molar-refractivity contribution in [3.8, 4) is 11.5 Å². The van der Waals surface area contributed by atoms with Crippen molar-refractivity contribution in [3.63, 3.8) is 0 Å². The molecule has 0 saturated carbocycles. The number of hydrogen-bond acceptors (Lipinski definition) is 4. The quantitative estimate of drug-likeness (QED) is 0.231. The number of sulfonamides is 1. The van der Waals surface area contributed by atoms with Crippen molar-refractivity contribution in [3.05, 3.63) is 111 Å². The number of benzene rings is 4. The van der Waals surface area contributed by atoms with Crippen molar-refractivity contribution in [1.29, 1.82) is 0 Å². The lowest BCUT2D eigenvalue weighted by Gasteiger charge is -2.14. The Balaban J connectivity index is 1.55. The lowest BCUT2D eigenvalue weighted by atomic mass is 10.1. The molecule has 0 heterocycles. The summed E-state index contributed by atoms with van der Waals surface area (Å²) >= 11 is 24.1. The van der Waals surface area contributed by atoms with Gasteiger partial charge in [0.2, 0.25) is 0 Å². The molecule has 6 nitrogen and oxygen atoms in total. The van der Waals surface area contributed by atoms with Crippen molar-refractivity contribution in [2.75, 3.05) is 10.0 Å². The second kappa shape index (κ2) is 11.0. The number of amides is 1. The van der Waals surface area contributed by atoms with Gasteiger partial charge in [0.1, 0.15) is 11.5 Å². The van der Waals surface area contributed by atoms with Gasteiger partial charge >= 0.3 is 0 Å². The number of nitrogens with one attached hydrogen (secondary N) is 2.